The average Bonchev–Trinajstić information content (AvgIpc) is 2.44. The molecule has 0 fully saturated rings. The summed E-state index contributed by atoms with van der Waals surface area (Å²) in [4.78, 5) is 13.7. The van der Waals surface area contributed by atoms with Crippen molar-refractivity contribution in [3.05, 3.63) is 35.9 Å². The first kappa shape index (κ1) is 14.0. The first-order chi connectivity index (χ1) is 9.13. The summed E-state index contributed by atoms with van der Waals surface area (Å²) in [7, 11) is 1.84. The molecule has 4 heteroatoms. The van der Waals surface area contributed by atoms with Gasteiger partial charge in [-0.1, -0.05) is 13.0 Å². The first-order valence-electron chi connectivity index (χ1n) is 6.33. The van der Waals surface area contributed by atoms with Gasteiger partial charge in [-0.15, -0.1) is 11.8 Å². The van der Waals surface area contributed by atoms with Gasteiger partial charge in [0.25, 0.3) is 0 Å². The van der Waals surface area contributed by atoms with E-state index in [0.29, 0.717) is 5.94 Å². The SMILES string of the molecule is CSCOc1ccc(C2=CCC(C)C(=O)N2C)cc1. The third-order valence-corrected chi connectivity index (χ3v) is 3.63. The highest BCUT2D eigenvalue weighted by Crippen LogP contribution is 2.28. The molecule has 0 bridgehead atoms. The second kappa shape index (κ2) is 6.15. The van der Waals surface area contributed by atoms with E-state index in [1.165, 1.54) is 0 Å². The molecule has 1 heterocycles. The summed E-state index contributed by atoms with van der Waals surface area (Å²) in [5, 5.41) is 0. The number of amides is 1. The van der Waals surface area contributed by atoms with E-state index in [2.05, 4.69) is 6.08 Å². The Bertz CT molecular complexity index is 481. The lowest BCUT2D eigenvalue weighted by atomic mass is 9.98. The molecule has 1 aromatic rings. The van der Waals surface area contributed by atoms with Crippen LogP contribution in [0.25, 0.3) is 5.70 Å². The molecule has 0 aromatic heterocycles. The van der Waals surface area contributed by atoms with Crippen molar-refractivity contribution in [1.29, 1.82) is 0 Å². The van der Waals surface area contributed by atoms with Crippen molar-refractivity contribution in [2.24, 2.45) is 5.92 Å². The second-order valence-electron chi connectivity index (χ2n) is 4.70. The Balaban J connectivity index is 2.16. The fourth-order valence-electron chi connectivity index (χ4n) is 2.14. The molecule has 1 aliphatic heterocycles. The minimum atomic E-state index is 0.0814. The van der Waals surface area contributed by atoms with Crippen molar-refractivity contribution in [2.75, 3.05) is 19.2 Å². The summed E-state index contributed by atoms with van der Waals surface area (Å²) >= 11 is 1.64. The van der Waals surface area contributed by atoms with Crippen LogP contribution in [0.1, 0.15) is 18.9 Å². The predicted molar refractivity (Wildman–Crippen MR) is 80.0 cm³/mol. The van der Waals surface area contributed by atoms with Gasteiger partial charge in [0, 0.05) is 18.7 Å². The highest BCUT2D eigenvalue weighted by Gasteiger charge is 2.24. The summed E-state index contributed by atoms with van der Waals surface area (Å²) in [5.74, 6) is 1.77. The minimum absolute atomic E-state index is 0.0814. The normalized spacial score (nSPS) is 19.3. The van der Waals surface area contributed by atoms with Crippen LogP contribution in [0.15, 0.2) is 30.3 Å². The minimum Gasteiger partial charge on any atom is -0.483 e. The molecule has 1 aliphatic rings. The summed E-state index contributed by atoms with van der Waals surface area (Å²) in [6.07, 6.45) is 4.94. The van der Waals surface area contributed by atoms with Crippen LogP contribution >= 0.6 is 11.8 Å². The number of rotatable bonds is 4. The average molecular weight is 277 g/mol. The van der Waals surface area contributed by atoms with Crippen LogP contribution < -0.4 is 4.74 Å². The van der Waals surface area contributed by atoms with Gasteiger partial charge in [-0.25, -0.2) is 0 Å². The molecule has 1 unspecified atom stereocenters. The van der Waals surface area contributed by atoms with E-state index >= 15 is 0 Å². The van der Waals surface area contributed by atoms with Gasteiger partial charge in [0.05, 0.1) is 0 Å². The van der Waals surface area contributed by atoms with Gasteiger partial charge in [0.1, 0.15) is 11.7 Å². The predicted octanol–water partition coefficient (Wildman–Crippen LogP) is 3.23. The van der Waals surface area contributed by atoms with Crippen LogP contribution in [0.3, 0.4) is 0 Å². The maximum atomic E-state index is 12.0. The van der Waals surface area contributed by atoms with Crippen molar-refractivity contribution >= 4 is 23.4 Å². The highest BCUT2D eigenvalue weighted by atomic mass is 32.2. The van der Waals surface area contributed by atoms with Crippen molar-refractivity contribution in [3.63, 3.8) is 0 Å². The molecule has 19 heavy (non-hydrogen) atoms. The Labute approximate surface area is 118 Å². The van der Waals surface area contributed by atoms with Crippen molar-refractivity contribution in [1.82, 2.24) is 4.90 Å². The quantitative estimate of drug-likeness (QED) is 0.791. The molecule has 0 radical (unpaired) electrons. The number of hydrogen-bond donors (Lipinski definition) is 0. The van der Waals surface area contributed by atoms with E-state index in [9.17, 15) is 4.79 Å². The number of carbonyl (C=O) groups is 1. The fourth-order valence-corrected chi connectivity index (χ4v) is 2.39. The molecule has 0 aliphatic carbocycles. The van der Waals surface area contributed by atoms with E-state index < -0.39 is 0 Å². The molecule has 2 rings (SSSR count). The molecule has 3 nitrogen and oxygen atoms in total. The van der Waals surface area contributed by atoms with Crippen LogP contribution in [-0.4, -0.2) is 30.0 Å². The topological polar surface area (TPSA) is 29.5 Å². The number of thioether (sulfide) groups is 1. The van der Waals surface area contributed by atoms with E-state index in [0.717, 1.165) is 23.4 Å². The van der Waals surface area contributed by atoms with E-state index in [1.54, 1.807) is 16.7 Å². The largest absolute Gasteiger partial charge is 0.483 e. The maximum Gasteiger partial charge on any atom is 0.229 e. The van der Waals surface area contributed by atoms with Gasteiger partial charge in [0.15, 0.2) is 0 Å². The molecule has 102 valence electrons. The lowest BCUT2D eigenvalue weighted by Crippen LogP contribution is -2.33. The van der Waals surface area contributed by atoms with Crippen molar-refractivity contribution in [2.45, 2.75) is 13.3 Å². The van der Waals surface area contributed by atoms with Gasteiger partial charge in [-0.05, 0) is 42.5 Å². The number of hydrogen-bond acceptors (Lipinski definition) is 3. The number of nitrogens with zero attached hydrogens (tertiary/aromatic N) is 1. The van der Waals surface area contributed by atoms with Crippen LogP contribution in [0.2, 0.25) is 0 Å². The lowest BCUT2D eigenvalue weighted by molar-refractivity contribution is -0.131. The number of benzene rings is 1. The van der Waals surface area contributed by atoms with Crippen molar-refractivity contribution < 1.29 is 9.53 Å². The third-order valence-electron chi connectivity index (χ3n) is 3.27. The zero-order chi connectivity index (χ0) is 13.8. The molecule has 1 aromatic carbocycles. The zero-order valence-electron chi connectivity index (χ0n) is 11.6. The van der Waals surface area contributed by atoms with Gasteiger partial charge < -0.3 is 9.64 Å². The molecule has 0 N–H and O–H groups in total. The second-order valence-corrected chi connectivity index (χ2v) is 5.51. The molecule has 0 saturated heterocycles. The Kier molecular flexibility index (Phi) is 4.53. The maximum absolute atomic E-state index is 12.0. The molecular formula is C15H19NO2S. The van der Waals surface area contributed by atoms with Gasteiger partial charge in [-0.2, -0.15) is 0 Å². The lowest BCUT2D eigenvalue weighted by Gasteiger charge is -2.28. The number of ether oxygens (including phenoxy) is 1. The summed E-state index contributed by atoms with van der Waals surface area (Å²) < 4.78 is 5.53. The summed E-state index contributed by atoms with van der Waals surface area (Å²) in [5.41, 5.74) is 2.04. The summed E-state index contributed by atoms with van der Waals surface area (Å²) in [6.45, 7) is 1.96. The van der Waals surface area contributed by atoms with Gasteiger partial charge >= 0.3 is 0 Å². The fraction of sp³-hybridized carbons (Fsp3) is 0.400. The monoisotopic (exact) mass is 277 g/mol. The van der Waals surface area contributed by atoms with E-state index in [4.69, 9.17) is 4.74 Å². The van der Waals surface area contributed by atoms with Crippen LogP contribution in [0.5, 0.6) is 5.75 Å². The third kappa shape index (κ3) is 3.13. The van der Waals surface area contributed by atoms with Gasteiger partial charge in [0.2, 0.25) is 5.91 Å². The number of carbonyl (C=O) groups excluding carboxylic acids is 1. The molecular weight excluding hydrogens is 258 g/mol. The van der Waals surface area contributed by atoms with Crippen LogP contribution in [0.4, 0.5) is 0 Å². The molecule has 0 spiro atoms. The smallest absolute Gasteiger partial charge is 0.229 e. The summed E-state index contributed by atoms with van der Waals surface area (Å²) in [6, 6.07) is 7.90. The zero-order valence-corrected chi connectivity index (χ0v) is 12.4. The number of allylic oxidation sites excluding steroid dienone is 1. The molecule has 1 amide bonds. The Hall–Kier alpha value is -1.42. The Morgan fingerprint density at radius 2 is 2.05 bits per heavy atom. The molecule has 1 atom stereocenters. The van der Waals surface area contributed by atoms with Crippen LogP contribution in [0, 0.1) is 5.92 Å². The first-order valence-corrected chi connectivity index (χ1v) is 7.72. The Morgan fingerprint density at radius 3 is 2.68 bits per heavy atom. The Morgan fingerprint density at radius 1 is 1.37 bits per heavy atom. The van der Waals surface area contributed by atoms with Gasteiger partial charge in [-0.3, -0.25) is 4.79 Å². The van der Waals surface area contributed by atoms with Crippen molar-refractivity contribution in [3.8, 4) is 5.75 Å². The highest BCUT2D eigenvalue weighted by molar-refractivity contribution is 7.98. The van der Waals surface area contributed by atoms with Crippen LogP contribution in [-0.2, 0) is 4.79 Å². The van der Waals surface area contributed by atoms with E-state index in [1.807, 2.05) is 44.5 Å². The standard InChI is InChI=1S/C15H19NO2S/c1-11-4-9-14(16(2)15(11)17)12-5-7-13(8-6-12)18-10-19-3/h5-9,11H,4,10H2,1-3H3. The van der Waals surface area contributed by atoms with E-state index in [-0.39, 0.29) is 11.8 Å². The molecule has 0 saturated carbocycles.